The SMILES string of the molecule is CC/C=C(/CCC(CC)C(=O)NCC(C)(C)C(N)=O)C(=O)N(Cc1cc(CCCOC)ccc1Cl)C1CC1. The van der Waals surface area contributed by atoms with Gasteiger partial charge in [0.05, 0.1) is 5.41 Å². The summed E-state index contributed by atoms with van der Waals surface area (Å²) in [5, 5.41) is 3.54. The van der Waals surface area contributed by atoms with E-state index in [1.165, 1.54) is 5.56 Å². The van der Waals surface area contributed by atoms with E-state index < -0.39 is 11.3 Å². The van der Waals surface area contributed by atoms with Crippen molar-refractivity contribution in [2.24, 2.45) is 17.1 Å². The second kappa shape index (κ2) is 15.3. The van der Waals surface area contributed by atoms with Gasteiger partial charge in [0.2, 0.25) is 17.7 Å². The summed E-state index contributed by atoms with van der Waals surface area (Å²) in [5.41, 5.74) is 7.51. The van der Waals surface area contributed by atoms with Crippen molar-refractivity contribution in [1.29, 1.82) is 0 Å². The topological polar surface area (TPSA) is 102 Å². The van der Waals surface area contributed by atoms with E-state index in [1.54, 1.807) is 21.0 Å². The van der Waals surface area contributed by atoms with Crippen LogP contribution in [0.5, 0.6) is 0 Å². The Hall–Kier alpha value is -2.38. The van der Waals surface area contributed by atoms with Gasteiger partial charge >= 0.3 is 0 Å². The lowest BCUT2D eigenvalue weighted by molar-refractivity contribution is -0.130. The molecule has 0 aliphatic heterocycles. The lowest BCUT2D eigenvalue weighted by Gasteiger charge is -2.26. The molecule has 8 heteroatoms. The average Bonchev–Trinajstić information content (AvgIpc) is 3.72. The highest BCUT2D eigenvalue weighted by molar-refractivity contribution is 6.31. The predicted molar refractivity (Wildman–Crippen MR) is 153 cm³/mol. The summed E-state index contributed by atoms with van der Waals surface area (Å²) >= 11 is 6.56. The molecule has 1 aromatic rings. The number of benzene rings is 1. The van der Waals surface area contributed by atoms with Crippen LogP contribution in [-0.2, 0) is 32.1 Å². The van der Waals surface area contributed by atoms with Gasteiger partial charge in [0.15, 0.2) is 0 Å². The molecule has 1 aromatic carbocycles. The molecule has 3 amide bonds. The Morgan fingerprint density at radius 1 is 1.26 bits per heavy atom. The monoisotopic (exact) mass is 547 g/mol. The summed E-state index contributed by atoms with van der Waals surface area (Å²) in [4.78, 5) is 40.2. The molecule has 1 unspecified atom stereocenters. The van der Waals surface area contributed by atoms with Crippen LogP contribution in [0.3, 0.4) is 0 Å². The lowest BCUT2D eigenvalue weighted by Crippen LogP contribution is -2.44. The summed E-state index contributed by atoms with van der Waals surface area (Å²) in [6.45, 7) is 8.78. The molecule has 1 atom stereocenters. The molecule has 1 saturated carbocycles. The second-order valence-corrected chi connectivity index (χ2v) is 11.3. The van der Waals surface area contributed by atoms with Gasteiger partial charge in [-0.05, 0) is 82.4 Å². The Morgan fingerprint density at radius 3 is 2.55 bits per heavy atom. The van der Waals surface area contributed by atoms with E-state index in [9.17, 15) is 14.4 Å². The van der Waals surface area contributed by atoms with Gasteiger partial charge in [-0.15, -0.1) is 0 Å². The number of carbonyl (C=O) groups excluding carboxylic acids is 3. The van der Waals surface area contributed by atoms with Crippen molar-refractivity contribution in [3.05, 3.63) is 46.0 Å². The van der Waals surface area contributed by atoms with E-state index in [0.717, 1.165) is 43.2 Å². The number of primary amides is 1. The van der Waals surface area contributed by atoms with Crippen molar-refractivity contribution in [2.45, 2.75) is 91.6 Å². The Morgan fingerprint density at radius 2 is 1.97 bits per heavy atom. The molecule has 1 fully saturated rings. The van der Waals surface area contributed by atoms with Crippen molar-refractivity contribution < 1.29 is 19.1 Å². The molecule has 3 N–H and O–H groups in total. The van der Waals surface area contributed by atoms with Gasteiger partial charge in [-0.2, -0.15) is 0 Å². The molecule has 2 rings (SSSR count). The largest absolute Gasteiger partial charge is 0.385 e. The van der Waals surface area contributed by atoms with Crippen LogP contribution in [-0.4, -0.2) is 48.9 Å². The van der Waals surface area contributed by atoms with E-state index in [0.29, 0.717) is 37.4 Å². The first-order valence-corrected chi connectivity index (χ1v) is 14.3. The Bertz CT molecular complexity index is 988. The Kier molecular flexibility index (Phi) is 12.8. The number of amides is 3. The van der Waals surface area contributed by atoms with Gasteiger partial charge in [-0.3, -0.25) is 14.4 Å². The number of allylic oxidation sites excluding steroid dienone is 1. The minimum atomic E-state index is -0.815. The van der Waals surface area contributed by atoms with E-state index >= 15 is 0 Å². The number of rotatable bonds is 17. The Balaban J connectivity index is 2.09. The molecule has 0 heterocycles. The normalized spacial score (nSPS) is 14.7. The number of ether oxygens (including phenoxy) is 1. The number of hydrogen-bond donors (Lipinski definition) is 2. The van der Waals surface area contributed by atoms with E-state index in [2.05, 4.69) is 11.4 Å². The van der Waals surface area contributed by atoms with Crippen LogP contribution < -0.4 is 11.1 Å². The molecule has 7 nitrogen and oxygen atoms in total. The highest BCUT2D eigenvalue weighted by atomic mass is 35.5. The van der Waals surface area contributed by atoms with E-state index in [4.69, 9.17) is 22.1 Å². The zero-order chi connectivity index (χ0) is 28.3. The maximum atomic E-state index is 13.8. The maximum absolute atomic E-state index is 13.8. The molecule has 38 heavy (non-hydrogen) atoms. The van der Waals surface area contributed by atoms with Gasteiger partial charge in [-0.1, -0.05) is 43.7 Å². The number of aryl methyl sites for hydroxylation is 1. The number of hydrogen-bond acceptors (Lipinski definition) is 4. The fourth-order valence-corrected chi connectivity index (χ4v) is 4.56. The van der Waals surface area contributed by atoms with Gasteiger partial charge in [0, 0.05) is 49.4 Å². The summed E-state index contributed by atoms with van der Waals surface area (Å²) in [6, 6.07) is 6.28. The molecular weight excluding hydrogens is 502 g/mol. The van der Waals surface area contributed by atoms with Gasteiger partial charge in [0.25, 0.3) is 0 Å². The Labute approximate surface area is 233 Å². The van der Waals surface area contributed by atoms with Crippen molar-refractivity contribution >= 4 is 29.3 Å². The third-order valence-electron chi connectivity index (χ3n) is 7.24. The first-order chi connectivity index (χ1) is 18.0. The van der Waals surface area contributed by atoms with Crippen LogP contribution in [0.25, 0.3) is 0 Å². The summed E-state index contributed by atoms with van der Waals surface area (Å²) < 4.78 is 5.17. The lowest BCUT2D eigenvalue weighted by atomic mass is 9.91. The maximum Gasteiger partial charge on any atom is 0.250 e. The van der Waals surface area contributed by atoms with Crippen molar-refractivity contribution in [3.63, 3.8) is 0 Å². The quantitative estimate of drug-likeness (QED) is 0.207. The van der Waals surface area contributed by atoms with Crippen LogP contribution in [0.4, 0.5) is 0 Å². The number of nitrogens with one attached hydrogen (secondary N) is 1. The van der Waals surface area contributed by atoms with E-state index in [-0.39, 0.29) is 30.3 Å². The number of nitrogens with zero attached hydrogens (tertiary/aromatic N) is 1. The molecule has 0 spiro atoms. The summed E-state index contributed by atoms with van der Waals surface area (Å²) in [5.74, 6) is -0.786. The molecule has 1 aliphatic rings. The molecule has 0 aromatic heterocycles. The second-order valence-electron chi connectivity index (χ2n) is 10.9. The van der Waals surface area contributed by atoms with Crippen molar-refractivity contribution in [1.82, 2.24) is 10.2 Å². The summed E-state index contributed by atoms with van der Waals surface area (Å²) in [6.07, 6.45) is 8.27. The third kappa shape index (κ3) is 9.73. The fraction of sp³-hybridized carbons (Fsp3) is 0.633. The molecule has 0 bridgehead atoms. The summed E-state index contributed by atoms with van der Waals surface area (Å²) in [7, 11) is 1.70. The first-order valence-electron chi connectivity index (χ1n) is 13.9. The van der Waals surface area contributed by atoms with Gasteiger partial charge in [-0.25, -0.2) is 0 Å². The van der Waals surface area contributed by atoms with Gasteiger partial charge < -0.3 is 20.7 Å². The van der Waals surface area contributed by atoms with Crippen LogP contribution in [0.2, 0.25) is 5.02 Å². The van der Waals surface area contributed by atoms with Crippen molar-refractivity contribution in [3.8, 4) is 0 Å². The van der Waals surface area contributed by atoms with Crippen LogP contribution in [0, 0.1) is 11.3 Å². The molecular formula is C30H46ClN3O4. The molecule has 1 aliphatic carbocycles. The molecule has 0 radical (unpaired) electrons. The smallest absolute Gasteiger partial charge is 0.250 e. The van der Waals surface area contributed by atoms with Crippen LogP contribution >= 0.6 is 11.6 Å². The average molecular weight is 548 g/mol. The van der Waals surface area contributed by atoms with Crippen LogP contribution in [0.15, 0.2) is 29.8 Å². The number of nitrogens with two attached hydrogens (primary N) is 1. The van der Waals surface area contributed by atoms with Crippen LogP contribution in [0.1, 0.15) is 83.8 Å². The fourth-order valence-electron chi connectivity index (χ4n) is 4.38. The highest BCUT2D eigenvalue weighted by Gasteiger charge is 2.34. The number of methoxy groups -OCH3 is 1. The zero-order valence-electron chi connectivity index (χ0n) is 23.8. The highest BCUT2D eigenvalue weighted by Crippen LogP contribution is 2.32. The number of halogens is 1. The van der Waals surface area contributed by atoms with Gasteiger partial charge in [0.1, 0.15) is 0 Å². The zero-order valence-corrected chi connectivity index (χ0v) is 24.5. The van der Waals surface area contributed by atoms with Crippen molar-refractivity contribution in [2.75, 3.05) is 20.3 Å². The standard InChI is InChI=1S/C30H46ClN3O4/c1-6-9-23(13-12-22(7-2)27(35)33-20-30(3,4)29(32)37)28(36)34(25-14-15-25)19-24-18-21(10-8-17-38-5)11-16-26(24)31/h9,11,16,18,22,25H,6-8,10,12-15,17,19-20H2,1-5H3,(H2,32,37)(H,33,35)/b23-9-. The first kappa shape index (κ1) is 31.8. The third-order valence-corrected chi connectivity index (χ3v) is 7.60. The minimum absolute atomic E-state index is 0.0281. The molecule has 212 valence electrons. The van der Waals surface area contributed by atoms with E-state index in [1.807, 2.05) is 37.0 Å². The molecule has 0 saturated heterocycles. The number of carbonyl (C=O) groups is 3. The predicted octanol–water partition coefficient (Wildman–Crippen LogP) is 5.18. The minimum Gasteiger partial charge on any atom is -0.385 e.